The van der Waals surface area contributed by atoms with Crippen molar-refractivity contribution in [3.8, 4) is 0 Å². The van der Waals surface area contributed by atoms with Gasteiger partial charge in [-0.25, -0.2) is 13.2 Å². The Morgan fingerprint density at radius 3 is 2.83 bits per heavy atom. The number of hydrogen-bond donors (Lipinski definition) is 1. The fourth-order valence-corrected chi connectivity index (χ4v) is 4.96. The summed E-state index contributed by atoms with van der Waals surface area (Å²) in [4.78, 5) is 13.9. The third kappa shape index (κ3) is 2.24. The van der Waals surface area contributed by atoms with Gasteiger partial charge < -0.3 is 4.42 Å². The van der Waals surface area contributed by atoms with Crippen molar-refractivity contribution in [1.82, 2.24) is 4.98 Å². The van der Waals surface area contributed by atoms with Crippen molar-refractivity contribution in [3.05, 3.63) is 58.6 Å². The van der Waals surface area contributed by atoms with Gasteiger partial charge in [-0.05, 0) is 43.5 Å². The number of rotatable bonds is 2. The maximum atomic E-state index is 13.2. The molecular weight excluding hydrogens is 328 g/mol. The number of nitrogens with one attached hydrogen (secondary N) is 1. The van der Waals surface area contributed by atoms with Crippen LogP contribution in [0.15, 0.2) is 56.6 Å². The van der Waals surface area contributed by atoms with Crippen LogP contribution in [0.25, 0.3) is 11.1 Å². The van der Waals surface area contributed by atoms with E-state index in [0.717, 1.165) is 18.4 Å². The van der Waals surface area contributed by atoms with Crippen LogP contribution in [0, 0.1) is 0 Å². The zero-order chi connectivity index (χ0) is 16.9. The Hall–Kier alpha value is -2.54. The summed E-state index contributed by atoms with van der Waals surface area (Å²) in [5.41, 5.74) is 2.45. The van der Waals surface area contributed by atoms with E-state index < -0.39 is 15.8 Å². The first-order valence-corrected chi connectivity index (χ1v) is 9.16. The number of aryl methyl sites for hydroxylation is 1. The van der Waals surface area contributed by atoms with E-state index in [1.54, 1.807) is 6.07 Å². The minimum absolute atomic E-state index is 0.112. The maximum Gasteiger partial charge on any atom is 0.417 e. The largest absolute Gasteiger partial charge is 0.417 e. The van der Waals surface area contributed by atoms with Gasteiger partial charge >= 0.3 is 5.76 Å². The lowest BCUT2D eigenvalue weighted by Crippen LogP contribution is -2.42. The molecule has 0 bridgehead atoms. The minimum atomic E-state index is -3.75. The SMILES string of the molecule is CC1CCc2ccccc2N1S(=O)(=O)c1ccc2[nH]c(=O)oc2c1. The van der Waals surface area contributed by atoms with Gasteiger partial charge in [0.1, 0.15) is 0 Å². The van der Waals surface area contributed by atoms with Crippen molar-refractivity contribution in [2.75, 3.05) is 4.31 Å². The molecule has 1 aliphatic heterocycles. The molecule has 1 aromatic heterocycles. The molecule has 24 heavy (non-hydrogen) atoms. The van der Waals surface area contributed by atoms with Crippen molar-refractivity contribution in [2.24, 2.45) is 0 Å². The molecule has 1 aliphatic rings. The third-order valence-electron chi connectivity index (χ3n) is 4.41. The van der Waals surface area contributed by atoms with Gasteiger partial charge in [0.25, 0.3) is 10.0 Å². The highest BCUT2D eigenvalue weighted by atomic mass is 32.2. The van der Waals surface area contributed by atoms with Crippen LogP contribution in [0.5, 0.6) is 0 Å². The first-order valence-electron chi connectivity index (χ1n) is 7.72. The van der Waals surface area contributed by atoms with E-state index >= 15 is 0 Å². The molecule has 0 saturated carbocycles. The molecule has 0 fully saturated rings. The molecule has 4 rings (SSSR count). The van der Waals surface area contributed by atoms with Crippen LogP contribution in [0.3, 0.4) is 0 Å². The summed E-state index contributed by atoms with van der Waals surface area (Å²) in [6.07, 6.45) is 1.62. The van der Waals surface area contributed by atoms with Gasteiger partial charge in [0.15, 0.2) is 5.58 Å². The fraction of sp³-hybridized carbons (Fsp3) is 0.235. The molecule has 0 saturated heterocycles. The van der Waals surface area contributed by atoms with Crippen LogP contribution in [0.1, 0.15) is 18.9 Å². The predicted octanol–water partition coefficient (Wildman–Crippen LogP) is 2.65. The van der Waals surface area contributed by atoms with E-state index in [9.17, 15) is 13.2 Å². The average Bonchev–Trinajstić information content (AvgIpc) is 2.93. The smallest absolute Gasteiger partial charge is 0.408 e. The highest BCUT2D eigenvalue weighted by molar-refractivity contribution is 7.92. The second-order valence-corrected chi connectivity index (χ2v) is 7.80. The lowest BCUT2D eigenvalue weighted by Gasteiger charge is -2.35. The van der Waals surface area contributed by atoms with E-state index in [0.29, 0.717) is 11.2 Å². The molecule has 1 atom stereocenters. The summed E-state index contributed by atoms with van der Waals surface area (Å²) in [7, 11) is -3.75. The number of oxazole rings is 1. The number of H-pyrrole nitrogens is 1. The first kappa shape index (κ1) is 15.0. The molecule has 124 valence electrons. The second kappa shape index (κ2) is 5.24. The molecule has 0 amide bonds. The van der Waals surface area contributed by atoms with E-state index in [2.05, 4.69) is 4.98 Å². The van der Waals surface area contributed by atoms with Gasteiger partial charge in [-0.15, -0.1) is 0 Å². The van der Waals surface area contributed by atoms with E-state index in [1.807, 2.05) is 31.2 Å². The summed E-state index contributed by atoms with van der Waals surface area (Å²) in [6.45, 7) is 1.91. The monoisotopic (exact) mass is 344 g/mol. The Morgan fingerprint density at radius 2 is 2.00 bits per heavy atom. The normalized spacial score (nSPS) is 17.9. The van der Waals surface area contributed by atoms with Gasteiger partial charge in [0.2, 0.25) is 0 Å². The van der Waals surface area contributed by atoms with Crippen molar-refractivity contribution >= 4 is 26.8 Å². The molecule has 6 nitrogen and oxygen atoms in total. The zero-order valence-corrected chi connectivity index (χ0v) is 13.8. The fourth-order valence-electron chi connectivity index (χ4n) is 3.22. The summed E-state index contributed by atoms with van der Waals surface area (Å²) < 4.78 is 32.9. The number of para-hydroxylation sites is 1. The van der Waals surface area contributed by atoms with Crippen LogP contribution in [0.2, 0.25) is 0 Å². The molecule has 2 heterocycles. The van der Waals surface area contributed by atoms with Crippen LogP contribution in [-0.4, -0.2) is 19.4 Å². The van der Waals surface area contributed by atoms with Crippen molar-refractivity contribution in [1.29, 1.82) is 0 Å². The highest BCUT2D eigenvalue weighted by Gasteiger charge is 2.33. The minimum Gasteiger partial charge on any atom is -0.408 e. The molecule has 2 aromatic carbocycles. The average molecular weight is 344 g/mol. The van der Waals surface area contributed by atoms with Crippen LogP contribution in [0.4, 0.5) is 5.69 Å². The Kier molecular flexibility index (Phi) is 3.28. The van der Waals surface area contributed by atoms with Gasteiger partial charge in [0.05, 0.1) is 16.1 Å². The molecule has 0 radical (unpaired) electrons. The van der Waals surface area contributed by atoms with Crippen molar-refractivity contribution in [2.45, 2.75) is 30.7 Å². The van der Waals surface area contributed by atoms with Gasteiger partial charge in [0, 0.05) is 12.1 Å². The second-order valence-electron chi connectivity index (χ2n) is 5.99. The van der Waals surface area contributed by atoms with E-state index in [4.69, 9.17) is 4.42 Å². The lowest BCUT2D eigenvalue weighted by molar-refractivity contribution is 0.551. The summed E-state index contributed by atoms with van der Waals surface area (Å²) >= 11 is 0. The van der Waals surface area contributed by atoms with Gasteiger partial charge in [-0.1, -0.05) is 18.2 Å². The van der Waals surface area contributed by atoms with Gasteiger partial charge in [-0.3, -0.25) is 9.29 Å². The summed E-state index contributed by atoms with van der Waals surface area (Å²) in [5.74, 6) is -0.601. The molecule has 3 aromatic rings. The number of sulfonamides is 1. The molecule has 1 N–H and O–H groups in total. The zero-order valence-electron chi connectivity index (χ0n) is 13.0. The standard InChI is InChI=1S/C17H16N2O4S/c1-11-6-7-12-4-2-3-5-15(12)19(11)24(21,22)13-8-9-14-16(10-13)23-17(20)18-14/h2-5,8-11H,6-7H2,1H3,(H,18,20). The van der Waals surface area contributed by atoms with Crippen LogP contribution >= 0.6 is 0 Å². The highest BCUT2D eigenvalue weighted by Crippen LogP contribution is 2.35. The first-order chi connectivity index (χ1) is 11.5. The lowest BCUT2D eigenvalue weighted by atomic mass is 9.99. The molecule has 7 heteroatoms. The Labute approximate surface area is 138 Å². The quantitative estimate of drug-likeness (QED) is 0.775. The Bertz CT molecular complexity index is 1080. The molecule has 0 spiro atoms. The number of aromatic nitrogens is 1. The number of benzene rings is 2. The van der Waals surface area contributed by atoms with Crippen LogP contribution in [-0.2, 0) is 16.4 Å². The van der Waals surface area contributed by atoms with Crippen molar-refractivity contribution < 1.29 is 12.8 Å². The van der Waals surface area contributed by atoms with Gasteiger partial charge in [-0.2, -0.15) is 0 Å². The summed E-state index contributed by atoms with van der Waals surface area (Å²) in [5, 5.41) is 0. The molecular formula is C17H16N2O4S. The molecule has 0 aliphatic carbocycles. The van der Waals surface area contributed by atoms with Crippen molar-refractivity contribution in [3.63, 3.8) is 0 Å². The number of aromatic amines is 1. The number of hydrogen-bond acceptors (Lipinski definition) is 4. The maximum absolute atomic E-state index is 13.2. The number of nitrogens with zero attached hydrogens (tertiary/aromatic N) is 1. The predicted molar refractivity (Wildman–Crippen MR) is 90.7 cm³/mol. The Balaban J connectivity index is 1.88. The molecule has 1 unspecified atom stereocenters. The van der Waals surface area contributed by atoms with Crippen LogP contribution < -0.4 is 10.1 Å². The number of fused-ring (bicyclic) bond motifs is 2. The third-order valence-corrected chi connectivity index (χ3v) is 6.33. The van der Waals surface area contributed by atoms with E-state index in [-0.39, 0.29) is 16.5 Å². The Morgan fingerprint density at radius 1 is 1.21 bits per heavy atom. The van der Waals surface area contributed by atoms with E-state index in [1.165, 1.54) is 16.4 Å². The summed E-state index contributed by atoms with van der Waals surface area (Å²) in [6, 6.07) is 11.8. The number of anilines is 1. The topological polar surface area (TPSA) is 83.4 Å².